The molecular formula is C14H20BrNO2S. The highest BCUT2D eigenvalue weighted by Crippen LogP contribution is 2.24. The Labute approximate surface area is 127 Å². The summed E-state index contributed by atoms with van der Waals surface area (Å²) in [6.45, 7) is 5.97. The third-order valence-corrected chi connectivity index (χ3v) is 4.37. The van der Waals surface area contributed by atoms with Crippen molar-refractivity contribution >= 4 is 33.2 Å². The first-order valence-electron chi connectivity index (χ1n) is 6.59. The molecule has 1 amide bonds. The highest BCUT2D eigenvalue weighted by molar-refractivity contribution is 9.10. The topological polar surface area (TPSA) is 29.5 Å². The van der Waals surface area contributed by atoms with E-state index in [4.69, 9.17) is 4.74 Å². The molecule has 1 aliphatic heterocycles. The summed E-state index contributed by atoms with van der Waals surface area (Å²) in [4.78, 5) is 15.6. The van der Waals surface area contributed by atoms with Gasteiger partial charge in [0.15, 0.2) is 0 Å². The molecule has 1 aromatic heterocycles. The molecule has 1 aliphatic rings. The lowest BCUT2D eigenvalue weighted by atomic mass is 10.1. The second kappa shape index (κ2) is 6.37. The van der Waals surface area contributed by atoms with Crippen molar-refractivity contribution in [2.45, 2.75) is 43.7 Å². The third kappa shape index (κ3) is 4.29. The van der Waals surface area contributed by atoms with E-state index in [1.54, 1.807) is 11.3 Å². The van der Waals surface area contributed by atoms with Crippen LogP contribution in [0.25, 0.3) is 0 Å². The number of thiophene rings is 1. The molecule has 0 aliphatic carbocycles. The van der Waals surface area contributed by atoms with E-state index in [0.717, 1.165) is 19.4 Å². The number of ether oxygens (including phenoxy) is 1. The lowest BCUT2D eigenvalue weighted by Gasteiger charge is -2.30. The van der Waals surface area contributed by atoms with E-state index >= 15 is 0 Å². The zero-order valence-electron chi connectivity index (χ0n) is 11.4. The van der Waals surface area contributed by atoms with Gasteiger partial charge in [0.25, 0.3) is 0 Å². The van der Waals surface area contributed by atoms with Crippen LogP contribution in [-0.4, -0.2) is 34.4 Å². The quantitative estimate of drug-likeness (QED) is 0.765. The van der Waals surface area contributed by atoms with Gasteiger partial charge in [0.1, 0.15) is 0 Å². The average molecular weight is 346 g/mol. The fourth-order valence-electron chi connectivity index (χ4n) is 2.22. The molecule has 0 radical (unpaired) electrons. The molecule has 0 spiro atoms. The number of carbonyl (C=O) groups is 1. The van der Waals surface area contributed by atoms with Crippen molar-refractivity contribution in [1.29, 1.82) is 0 Å². The fraction of sp³-hybridized carbons (Fsp3) is 0.643. The van der Waals surface area contributed by atoms with Crippen molar-refractivity contribution in [3.05, 3.63) is 22.4 Å². The van der Waals surface area contributed by atoms with Gasteiger partial charge in [-0.2, -0.15) is 0 Å². The molecule has 1 atom stereocenters. The molecule has 2 rings (SSSR count). The number of nitrogens with zero attached hydrogens (tertiary/aromatic N) is 1. The van der Waals surface area contributed by atoms with Crippen LogP contribution in [0.1, 0.15) is 31.6 Å². The Balaban J connectivity index is 2.05. The van der Waals surface area contributed by atoms with Crippen LogP contribution in [0.2, 0.25) is 0 Å². The smallest absolute Gasteiger partial charge is 0.239 e. The van der Waals surface area contributed by atoms with Crippen LogP contribution < -0.4 is 0 Å². The zero-order chi connectivity index (χ0) is 13.9. The summed E-state index contributed by atoms with van der Waals surface area (Å²) in [5.41, 5.74) is 0. The summed E-state index contributed by atoms with van der Waals surface area (Å²) in [5, 5.41) is 2.04. The van der Waals surface area contributed by atoms with Gasteiger partial charge in [-0.3, -0.25) is 4.79 Å². The molecule has 2 heterocycles. The van der Waals surface area contributed by atoms with E-state index < -0.39 is 4.32 Å². The molecule has 3 nitrogen and oxygen atoms in total. The summed E-state index contributed by atoms with van der Waals surface area (Å²) in [5.74, 6) is 0.122. The van der Waals surface area contributed by atoms with Gasteiger partial charge >= 0.3 is 0 Å². The Hall–Kier alpha value is -0.390. The van der Waals surface area contributed by atoms with E-state index in [1.165, 1.54) is 4.88 Å². The minimum atomic E-state index is -0.525. The molecule has 1 saturated heterocycles. The zero-order valence-corrected chi connectivity index (χ0v) is 13.8. The summed E-state index contributed by atoms with van der Waals surface area (Å²) >= 11 is 5.16. The van der Waals surface area contributed by atoms with Crippen LogP contribution in [0.3, 0.4) is 0 Å². The Kier molecular flexibility index (Phi) is 5.03. The second-order valence-electron chi connectivity index (χ2n) is 5.37. The predicted octanol–water partition coefficient (Wildman–Crippen LogP) is 3.43. The van der Waals surface area contributed by atoms with E-state index in [2.05, 4.69) is 22.0 Å². The molecule has 0 bridgehead atoms. The van der Waals surface area contributed by atoms with Crippen LogP contribution in [0.4, 0.5) is 0 Å². The first-order chi connectivity index (χ1) is 8.97. The van der Waals surface area contributed by atoms with E-state index in [-0.39, 0.29) is 12.0 Å². The molecule has 0 saturated carbocycles. The Morgan fingerprint density at radius 1 is 1.63 bits per heavy atom. The molecule has 1 unspecified atom stereocenters. The second-order valence-corrected chi connectivity index (χ2v) is 8.39. The van der Waals surface area contributed by atoms with Crippen molar-refractivity contribution in [3.63, 3.8) is 0 Å². The highest BCUT2D eigenvalue weighted by atomic mass is 79.9. The molecule has 0 N–H and O–H groups in total. The maximum Gasteiger partial charge on any atom is 0.239 e. The van der Waals surface area contributed by atoms with Crippen molar-refractivity contribution < 1.29 is 9.53 Å². The first-order valence-corrected chi connectivity index (χ1v) is 8.26. The monoisotopic (exact) mass is 345 g/mol. The molecular weight excluding hydrogens is 326 g/mol. The largest absolute Gasteiger partial charge is 0.376 e. The van der Waals surface area contributed by atoms with Crippen LogP contribution >= 0.6 is 27.3 Å². The Bertz CT molecular complexity index is 408. The van der Waals surface area contributed by atoms with Gasteiger partial charge in [0, 0.05) is 18.0 Å². The van der Waals surface area contributed by atoms with E-state index in [1.807, 2.05) is 30.2 Å². The van der Waals surface area contributed by atoms with Crippen LogP contribution in [-0.2, 0) is 16.1 Å². The minimum Gasteiger partial charge on any atom is -0.376 e. The fourth-order valence-corrected chi connectivity index (χ4v) is 3.19. The average Bonchev–Trinajstić information content (AvgIpc) is 2.98. The van der Waals surface area contributed by atoms with Gasteiger partial charge in [-0.25, -0.2) is 0 Å². The highest BCUT2D eigenvalue weighted by Gasteiger charge is 2.31. The van der Waals surface area contributed by atoms with Crippen LogP contribution in [0.5, 0.6) is 0 Å². The standard InChI is InChI=1S/C14H20BrNO2S/c1-14(2,15)13(17)16(9-11-5-3-7-18-11)10-12-6-4-8-19-12/h4,6,8,11H,3,5,7,9-10H2,1-2H3. The normalized spacial score (nSPS) is 19.6. The van der Waals surface area contributed by atoms with Gasteiger partial charge in [0.2, 0.25) is 5.91 Å². The number of hydrogen-bond acceptors (Lipinski definition) is 3. The summed E-state index contributed by atoms with van der Waals surface area (Å²) in [6, 6.07) is 4.09. The minimum absolute atomic E-state index is 0.122. The predicted molar refractivity (Wildman–Crippen MR) is 81.7 cm³/mol. The van der Waals surface area contributed by atoms with Gasteiger partial charge in [-0.15, -0.1) is 11.3 Å². The molecule has 1 fully saturated rings. The number of rotatable bonds is 5. The van der Waals surface area contributed by atoms with Crippen molar-refractivity contribution in [2.24, 2.45) is 0 Å². The third-order valence-electron chi connectivity index (χ3n) is 3.17. The maximum atomic E-state index is 12.5. The molecule has 5 heteroatoms. The summed E-state index contributed by atoms with van der Waals surface area (Å²) in [7, 11) is 0. The lowest BCUT2D eigenvalue weighted by molar-refractivity contribution is -0.135. The number of amides is 1. The number of alkyl halides is 1. The first kappa shape index (κ1) is 15.0. The summed E-state index contributed by atoms with van der Waals surface area (Å²) < 4.78 is 5.13. The summed E-state index contributed by atoms with van der Waals surface area (Å²) in [6.07, 6.45) is 2.35. The number of halogens is 1. The Morgan fingerprint density at radius 3 is 2.95 bits per heavy atom. The molecule has 1 aromatic rings. The number of hydrogen-bond donors (Lipinski definition) is 0. The van der Waals surface area contributed by atoms with Crippen LogP contribution in [0.15, 0.2) is 17.5 Å². The van der Waals surface area contributed by atoms with E-state index in [0.29, 0.717) is 13.1 Å². The maximum absolute atomic E-state index is 12.5. The number of carbonyl (C=O) groups excluding carboxylic acids is 1. The molecule has 106 valence electrons. The van der Waals surface area contributed by atoms with Crippen molar-refractivity contribution in [1.82, 2.24) is 4.90 Å². The van der Waals surface area contributed by atoms with Gasteiger partial charge in [-0.05, 0) is 38.1 Å². The lowest BCUT2D eigenvalue weighted by Crippen LogP contribution is -2.44. The van der Waals surface area contributed by atoms with Crippen molar-refractivity contribution in [3.8, 4) is 0 Å². The van der Waals surface area contributed by atoms with Gasteiger partial charge in [-0.1, -0.05) is 22.0 Å². The Morgan fingerprint density at radius 2 is 2.42 bits per heavy atom. The van der Waals surface area contributed by atoms with Gasteiger partial charge in [0.05, 0.1) is 17.0 Å². The van der Waals surface area contributed by atoms with Crippen LogP contribution in [0, 0.1) is 0 Å². The molecule has 0 aromatic carbocycles. The molecule has 19 heavy (non-hydrogen) atoms. The SMILES string of the molecule is CC(C)(Br)C(=O)N(Cc1cccs1)CC1CCCO1. The van der Waals surface area contributed by atoms with Gasteiger partial charge < -0.3 is 9.64 Å². The van der Waals surface area contributed by atoms with E-state index in [9.17, 15) is 4.79 Å². The van der Waals surface area contributed by atoms with Crippen molar-refractivity contribution in [2.75, 3.05) is 13.2 Å².